The number of aromatic nitrogens is 4. The van der Waals surface area contributed by atoms with Gasteiger partial charge in [-0.25, -0.2) is 0 Å². The van der Waals surface area contributed by atoms with E-state index >= 15 is 0 Å². The Morgan fingerprint density at radius 1 is 1.23 bits per heavy atom. The van der Waals surface area contributed by atoms with Gasteiger partial charge in [0.2, 0.25) is 5.91 Å². The van der Waals surface area contributed by atoms with E-state index in [1.165, 1.54) is 11.8 Å². The number of carbonyl (C=O) groups is 1. The maximum Gasteiger partial charge on any atom is 0.237 e. The van der Waals surface area contributed by atoms with E-state index in [1.807, 2.05) is 48.9 Å². The number of amides is 1. The Labute approximate surface area is 155 Å². The minimum Gasteiger partial charge on any atom is -0.497 e. The monoisotopic (exact) mass is 369 g/mol. The number of carbonyl (C=O) groups excluding carboxylic acids is 1. The number of nitrogens with zero attached hydrogens (tertiary/aromatic N) is 4. The Hall–Kier alpha value is -2.87. The van der Waals surface area contributed by atoms with Crippen molar-refractivity contribution >= 4 is 23.4 Å². The number of methoxy groups -OCH3 is 1. The second-order valence-electron chi connectivity index (χ2n) is 5.58. The molecule has 8 heteroatoms. The molecule has 1 atom stereocenters. The summed E-state index contributed by atoms with van der Waals surface area (Å²) >= 11 is 1.35. The molecule has 1 N–H and O–H groups in total. The van der Waals surface area contributed by atoms with Crippen LogP contribution < -0.4 is 10.1 Å². The Kier molecular flexibility index (Phi) is 5.52. The van der Waals surface area contributed by atoms with Crippen molar-refractivity contribution in [2.75, 3.05) is 12.4 Å². The highest BCUT2D eigenvalue weighted by Gasteiger charge is 2.19. The molecular formula is C18H19N5O2S. The molecule has 0 radical (unpaired) electrons. The van der Waals surface area contributed by atoms with Gasteiger partial charge < -0.3 is 14.6 Å². The van der Waals surface area contributed by atoms with Gasteiger partial charge in [0.05, 0.1) is 12.4 Å². The number of pyridine rings is 1. The number of anilines is 1. The van der Waals surface area contributed by atoms with Crippen LogP contribution in [0.1, 0.15) is 6.92 Å². The van der Waals surface area contributed by atoms with E-state index in [1.54, 1.807) is 25.6 Å². The number of nitrogens with one attached hydrogen (secondary N) is 1. The van der Waals surface area contributed by atoms with E-state index in [4.69, 9.17) is 4.74 Å². The third-order valence-electron chi connectivity index (χ3n) is 3.76. The average Bonchev–Trinajstić information content (AvgIpc) is 3.03. The highest BCUT2D eigenvalue weighted by atomic mass is 32.2. The molecule has 0 aliphatic rings. The minimum atomic E-state index is -0.339. The SMILES string of the molecule is COc1cccc(NC(=O)[C@@H](C)Sc2nnc(-c3ccncc3)n2C)c1. The van der Waals surface area contributed by atoms with Crippen LogP contribution in [0.5, 0.6) is 5.75 Å². The molecule has 0 aliphatic heterocycles. The Morgan fingerprint density at radius 2 is 2.00 bits per heavy atom. The molecule has 0 saturated carbocycles. The smallest absolute Gasteiger partial charge is 0.237 e. The summed E-state index contributed by atoms with van der Waals surface area (Å²) in [6.45, 7) is 1.83. The van der Waals surface area contributed by atoms with Crippen LogP contribution in [0, 0.1) is 0 Å². The van der Waals surface area contributed by atoms with Gasteiger partial charge in [0.25, 0.3) is 0 Å². The lowest BCUT2D eigenvalue weighted by Gasteiger charge is -2.12. The molecule has 0 unspecified atom stereocenters. The van der Waals surface area contributed by atoms with E-state index in [2.05, 4.69) is 20.5 Å². The lowest BCUT2D eigenvalue weighted by Crippen LogP contribution is -2.22. The first-order valence-corrected chi connectivity index (χ1v) is 8.88. The van der Waals surface area contributed by atoms with Crippen LogP contribution in [0.15, 0.2) is 53.9 Å². The number of benzene rings is 1. The summed E-state index contributed by atoms with van der Waals surface area (Å²) in [5.74, 6) is 1.31. The normalized spacial score (nSPS) is 11.8. The molecule has 0 fully saturated rings. The maximum atomic E-state index is 12.5. The van der Waals surface area contributed by atoms with Gasteiger partial charge in [-0.05, 0) is 31.2 Å². The summed E-state index contributed by atoms with van der Waals surface area (Å²) in [7, 11) is 3.47. The van der Waals surface area contributed by atoms with Crippen LogP contribution in [-0.4, -0.2) is 38.0 Å². The first-order chi connectivity index (χ1) is 12.6. The third-order valence-corrected chi connectivity index (χ3v) is 4.90. The van der Waals surface area contributed by atoms with Crippen molar-refractivity contribution in [3.63, 3.8) is 0 Å². The number of rotatable bonds is 6. The summed E-state index contributed by atoms with van der Waals surface area (Å²) in [5.41, 5.74) is 1.62. The Bertz CT molecular complexity index is 898. The van der Waals surface area contributed by atoms with Crippen molar-refractivity contribution in [3.8, 4) is 17.1 Å². The molecular weight excluding hydrogens is 350 g/mol. The van der Waals surface area contributed by atoms with Crippen LogP contribution in [-0.2, 0) is 11.8 Å². The molecule has 2 heterocycles. The molecule has 0 saturated heterocycles. The number of hydrogen-bond donors (Lipinski definition) is 1. The summed E-state index contributed by atoms with van der Waals surface area (Å²) in [6.07, 6.45) is 3.42. The molecule has 2 aromatic heterocycles. The van der Waals surface area contributed by atoms with Crippen LogP contribution in [0.25, 0.3) is 11.4 Å². The van der Waals surface area contributed by atoms with Gasteiger partial charge in [-0.3, -0.25) is 9.78 Å². The topological polar surface area (TPSA) is 81.9 Å². The number of ether oxygens (including phenoxy) is 1. The molecule has 0 bridgehead atoms. The fourth-order valence-electron chi connectivity index (χ4n) is 2.33. The molecule has 1 amide bonds. The molecule has 3 rings (SSSR count). The van der Waals surface area contributed by atoms with Crippen LogP contribution >= 0.6 is 11.8 Å². The largest absolute Gasteiger partial charge is 0.497 e. The second-order valence-corrected chi connectivity index (χ2v) is 6.89. The van der Waals surface area contributed by atoms with Crippen molar-refractivity contribution in [1.29, 1.82) is 0 Å². The zero-order chi connectivity index (χ0) is 18.5. The predicted molar refractivity (Wildman–Crippen MR) is 101 cm³/mol. The molecule has 134 valence electrons. The van der Waals surface area contributed by atoms with E-state index in [0.717, 1.165) is 11.4 Å². The second kappa shape index (κ2) is 8.01. The fourth-order valence-corrected chi connectivity index (χ4v) is 3.14. The lowest BCUT2D eigenvalue weighted by molar-refractivity contribution is -0.115. The summed E-state index contributed by atoms with van der Waals surface area (Å²) in [5, 5.41) is 11.6. The van der Waals surface area contributed by atoms with Crippen LogP contribution in [0.2, 0.25) is 0 Å². The zero-order valence-corrected chi connectivity index (χ0v) is 15.5. The molecule has 3 aromatic rings. The van der Waals surface area contributed by atoms with Gasteiger partial charge in [-0.15, -0.1) is 10.2 Å². The molecule has 0 aliphatic carbocycles. The maximum absolute atomic E-state index is 12.5. The van der Waals surface area contributed by atoms with Gasteiger partial charge in [0.1, 0.15) is 5.75 Å². The van der Waals surface area contributed by atoms with Crippen LogP contribution in [0.3, 0.4) is 0 Å². The van der Waals surface area contributed by atoms with Crippen molar-refractivity contribution in [3.05, 3.63) is 48.8 Å². The highest BCUT2D eigenvalue weighted by Crippen LogP contribution is 2.26. The lowest BCUT2D eigenvalue weighted by atomic mass is 10.2. The third kappa shape index (κ3) is 4.02. The van der Waals surface area contributed by atoms with E-state index in [0.29, 0.717) is 16.6 Å². The van der Waals surface area contributed by atoms with Gasteiger partial charge in [-0.1, -0.05) is 17.8 Å². The summed E-state index contributed by atoms with van der Waals surface area (Å²) < 4.78 is 7.04. The van der Waals surface area contributed by atoms with Gasteiger partial charge in [0.15, 0.2) is 11.0 Å². The fraction of sp³-hybridized carbons (Fsp3) is 0.222. The molecule has 1 aromatic carbocycles. The van der Waals surface area contributed by atoms with E-state index in [9.17, 15) is 4.79 Å². The molecule has 0 spiro atoms. The van der Waals surface area contributed by atoms with Crippen LogP contribution in [0.4, 0.5) is 5.69 Å². The van der Waals surface area contributed by atoms with Crippen molar-refractivity contribution < 1.29 is 9.53 Å². The van der Waals surface area contributed by atoms with Gasteiger partial charge in [-0.2, -0.15) is 0 Å². The summed E-state index contributed by atoms with van der Waals surface area (Å²) in [6, 6.07) is 11.0. The molecule has 26 heavy (non-hydrogen) atoms. The van der Waals surface area contributed by atoms with Crippen molar-refractivity contribution in [1.82, 2.24) is 19.7 Å². The Balaban J connectivity index is 1.69. The van der Waals surface area contributed by atoms with Crippen molar-refractivity contribution in [2.45, 2.75) is 17.3 Å². The van der Waals surface area contributed by atoms with E-state index < -0.39 is 0 Å². The predicted octanol–water partition coefficient (Wildman–Crippen LogP) is 3.01. The first-order valence-electron chi connectivity index (χ1n) is 8.00. The van der Waals surface area contributed by atoms with Gasteiger partial charge >= 0.3 is 0 Å². The van der Waals surface area contributed by atoms with Gasteiger partial charge in [0, 0.05) is 36.8 Å². The zero-order valence-electron chi connectivity index (χ0n) is 14.7. The standard InChI is InChI=1S/C18H19N5O2S/c1-12(17(24)20-14-5-4-6-15(11-14)25-3)26-18-22-21-16(23(18)2)13-7-9-19-10-8-13/h4-12H,1-3H3,(H,20,24)/t12-/m1/s1. The molecule has 7 nitrogen and oxygen atoms in total. The first kappa shape index (κ1) is 17.9. The quantitative estimate of drug-likeness (QED) is 0.673. The minimum absolute atomic E-state index is 0.114. The van der Waals surface area contributed by atoms with E-state index in [-0.39, 0.29) is 11.2 Å². The van der Waals surface area contributed by atoms with Crippen molar-refractivity contribution in [2.24, 2.45) is 7.05 Å². The average molecular weight is 369 g/mol. The Morgan fingerprint density at radius 3 is 2.73 bits per heavy atom. The number of thioether (sulfide) groups is 1. The number of hydrogen-bond acceptors (Lipinski definition) is 6. The summed E-state index contributed by atoms with van der Waals surface area (Å²) in [4.78, 5) is 16.5. The highest BCUT2D eigenvalue weighted by molar-refractivity contribution is 8.00.